The lowest BCUT2D eigenvalue weighted by molar-refractivity contribution is 0.669. The quantitative estimate of drug-likeness (QED) is 0.911. The van der Waals surface area contributed by atoms with Crippen molar-refractivity contribution in [1.29, 1.82) is 0 Å². The van der Waals surface area contributed by atoms with Crippen LogP contribution in [-0.4, -0.2) is 32.5 Å². The summed E-state index contributed by atoms with van der Waals surface area (Å²) in [6.07, 6.45) is 0.886. The number of benzene rings is 1. The second-order valence-electron chi connectivity index (χ2n) is 4.22. The van der Waals surface area contributed by atoms with Gasteiger partial charge in [-0.15, -0.1) is 0 Å². The van der Waals surface area contributed by atoms with Crippen molar-refractivity contribution in [2.45, 2.75) is 16.7 Å². The number of fused-ring (bicyclic) bond motifs is 1. The van der Waals surface area contributed by atoms with E-state index in [1.807, 2.05) is 24.3 Å². The summed E-state index contributed by atoms with van der Waals surface area (Å²) in [5.74, 6) is 0. The van der Waals surface area contributed by atoms with Crippen LogP contribution in [-0.2, 0) is 10.8 Å². The van der Waals surface area contributed by atoms with Gasteiger partial charge in [0.1, 0.15) is 0 Å². The predicted octanol–water partition coefficient (Wildman–Crippen LogP) is 1.75. The summed E-state index contributed by atoms with van der Waals surface area (Å²) in [6, 6.07) is 7.46. The fourth-order valence-corrected chi connectivity index (χ4v) is 3.74. The normalized spacial score (nSPS) is 21.3. The number of para-hydroxylation sites is 2. The van der Waals surface area contributed by atoms with Crippen LogP contribution in [0.1, 0.15) is 6.42 Å². The molecule has 18 heavy (non-hydrogen) atoms. The van der Waals surface area contributed by atoms with E-state index in [0.717, 1.165) is 30.5 Å². The SMILES string of the molecule is O=[S@@](c1nc2ccccc2nc1Cl)[C@@H]1CCNC1. The zero-order chi connectivity index (χ0) is 12.5. The van der Waals surface area contributed by atoms with Gasteiger partial charge in [0.05, 0.1) is 27.1 Å². The van der Waals surface area contributed by atoms with E-state index < -0.39 is 10.8 Å². The first kappa shape index (κ1) is 12.0. The van der Waals surface area contributed by atoms with E-state index >= 15 is 0 Å². The molecule has 0 amide bonds. The first-order chi connectivity index (χ1) is 8.75. The molecule has 0 bridgehead atoms. The standard InChI is InChI=1S/C12H12ClN3OS/c13-11-12(18(17)8-5-6-14-7-8)16-10-4-2-1-3-9(10)15-11/h1-4,8,14H,5-7H2/t8-,18-/m1/s1. The Kier molecular flexibility index (Phi) is 3.28. The maximum absolute atomic E-state index is 12.4. The van der Waals surface area contributed by atoms with Crippen LogP contribution in [0.2, 0.25) is 5.15 Å². The van der Waals surface area contributed by atoms with E-state index in [-0.39, 0.29) is 10.4 Å². The number of nitrogens with one attached hydrogen (secondary N) is 1. The maximum Gasteiger partial charge on any atom is 0.165 e. The molecule has 0 unspecified atom stereocenters. The largest absolute Gasteiger partial charge is 0.315 e. The van der Waals surface area contributed by atoms with Crippen LogP contribution in [0.15, 0.2) is 29.3 Å². The highest BCUT2D eigenvalue weighted by Gasteiger charge is 2.25. The molecule has 2 atom stereocenters. The van der Waals surface area contributed by atoms with E-state index in [2.05, 4.69) is 15.3 Å². The van der Waals surface area contributed by atoms with Gasteiger partial charge in [0, 0.05) is 6.54 Å². The van der Waals surface area contributed by atoms with Crippen molar-refractivity contribution < 1.29 is 4.21 Å². The lowest BCUT2D eigenvalue weighted by Crippen LogP contribution is -2.20. The zero-order valence-corrected chi connectivity index (χ0v) is 11.2. The van der Waals surface area contributed by atoms with Gasteiger partial charge in [-0.3, -0.25) is 4.21 Å². The van der Waals surface area contributed by atoms with Crippen LogP contribution in [0.5, 0.6) is 0 Å². The lowest BCUT2D eigenvalue weighted by Gasteiger charge is -2.09. The summed E-state index contributed by atoms with van der Waals surface area (Å²) in [5, 5.41) is 3.93. The molecule has 0 radical (unpaired) electrons. The van der Waals surface area contributed by atoms with Crippen LogP contribution >= 0.6 is 11.6 Å². The molecule has 1 N–H and O–H groups in total. The van der Waals surface area contributed by atoms with Crippen molar-refractivity contribution in [2.75, 3.05) is 13.1 Å². The average molecular weight is 282 g/mol. The summed E-state index contributed by atoms with van der Waals surface area (Å²) in [5.41, 5.74) is 1.46. The van der Waals surface area contributed by atoms with Gasteiger partial charge in [-0.2, -0.15) is 0 Å². The second-order valence-corrected chi connectivity index (χ2v) is 6.23. The minimum absolute atomic E-state index is 0.0814. The van der Waals surface area contributed by atoms with E-state index in [1.54, 1.807) is 0 Å². The summed E-state index contributed by atoms with van der Waals surface area (Å²) >= 11 is 6.09. The molecule has 3 rings (SSSR count). The van der Waals surface area contributed by atoms with Gasteiger partial charge in [0.2, 0.25) is 0 Å². The molecule has 2 heterocycles. The van der Waals surface area contributed by atoms with Crippen LogP contribution in [0, 0.1) is 0 Å². The minimum Gasteiger partial charge on any atom is -0.315 e. The molecule has 6 heteroatoms. The molecule has 0 saturated carbocycles. The zero-order valence-electron chi connectivity index (χ0n) is 9.60. The third kappa shape index (κ3) is 2.13. The molecule has 1 aromatic heterocycles. The van der Waals surface area contributed by atoms with Crippen molar-refractivity contribution >= 4 is 33.4 Å². The molecule has 94 valence electrons. The molecule has 1 aliphatic rings. The van der Waals surface area contributed by atoms with E-state index in [0.29, 0.717) is 5.03 Å². The Balaban J connectivity index is 2.05. The molecule has 0 spiro atoms. The highest BCUT2D eigenvalue weighted by Crippen LogP contribution is 2.23. The van der Waals surface area contributed by atoms with Gasteiger partial charge in [0.25, 0.3) is 0 Å². The number of rotatable bonds is 2. The Morgan fingerprint density at radius 1 is 1.28 bits per heavy atom. The number of hydrogen-bond donors (Lipinski definition) is 1. The fourth-order valence-electron chi connectivity index (χ4n) is 2.06. The van der Waals surface area contributed by atoms with Gasteiger partial charge < -0.3 is 5.32 Å². The number of hydrogen-bond acceptors (Lipinski definition) is 4. The summed E-state index contributed by atoms with van der Waals surface area (Å²) in [4.78, 5) is 8.65. The molecule has 1 aliphatic heterocycles. The van der Waals surface area contributed by atoms with Gasteiger partial charge in [-0.25, -0.2) is 9.97 Å². The number of halogens is 1. The highest BCUT2D eigenvalue weighted by molar-refractivity contribution is 7.85. The number of nitrogens with zero attached hydrogens (tertiary/aromatic N) is 2. The molecule has 1 fully saturated rings. The van der Waals surface area contributed by atoms with E-state index in [9.17, 15) is 4.21 Å². The van der Waals surface area contributed by atoms with Crippen molar-refractivity contribution in [3.8, 4) is 0 Å². The molecular formula is C12H12ClN3OS. The van der Waals surface area contributed by atoms with Crippen molar-refractivity contribution in [3.05, 3.63) is 29.4 Å². The average Bonchev–Trinajstić information content (AvgIpc) is 2.91. The van der Waals surface area contributed by atoms with E-state index in [1.165, 1.54) is 0 Å². The van der Waals surface area contributed by atoms with Crippen LogP contribution in [0.4, 0.5) is 0 Å². The number of aromatic nitrogens is 2. The highest BCUT2D eigenvalue weighted by atomic mass is 35.5. The van der Waals surface area contributed by atoms with Gasteiger partial charge in [0.15, 0.2) is 10.2 Å². The second kappa shape index (κ2) is 4.91. The molecular weight excluding hydrogens is 270 g/mol. The maximum atomic E-state index is 12.4. The Morgan fingerprint density at radius 3 is 2.67 bits per heavy atom. The molecule has 4 nitrogen and oxygen atoms in total. The summed E-state index contributed by atoms with van der Waals surface area (Å²) in [6.45, 7) is 1.65. The van der Waals surface area contributed by atoms with Gasteiger partial charge in [-0.05, 0) is 25.1 Å². The Hall–Kier alpha value is -1.04. The van der Waals surface area contributed by atoms with Crippen molar-refractivity contribution in [1.82, 2.24) is 15.3 Å². The van der Waals surface area contributed by atoms with Crippen molar-refractivity contribution in [3.63, 3.8) is 0 Å². The Morgan fingerprint density at radius 2 is 2.00 bits per heavy atom. The molecule has 2 aromatic rings. The summed E-state index contributed by atoms with van der Waals surface area (Å²) < 4.78 is 12.4. The Labute approximate surface area is 112 Å². The molecule has 0 aliphatic carbocycles. The van der Waals surface area contributed by atoms with E-state index in [4.69, 9.17) is 11.6 Å². The van der Waals surface area contributed by atoms with Crippen molar-refractivity contribution in [2.24, 2.45) is 0 Å². The minimum atomic E-state index is -1.19. The first-order valence-corrected chi connectivity index (χ1v) is 7.38. The van der Waals surface area contributed by atoms with Crippen LogP contribution in [0.3, 0.4) is 0 Å². The molecule has 1 aromatic carbocycles. The molecule has 1 saturated heterocycles. The Bertz CT molecular complexity index is 613. The predicted molar refractivity (Wildman–Crippen MR) is 72.2 cm³/mol. The lowest BCUT2D eigenvalue weighted by atomic mass is 10.3. The monoisotopic (exact) mass is 281 g/mol. The van der Waals surface area contributed by atoms with Gasteiger partial charge in [-0.1, -0.05) is 23.7 Å². The van der Waals surface area contributed by atoms with Crippen LogP contribution < -0.4 is 5.32 Å². The first-order valence-electron chi connectivity index (χ1n) is 5.79. The third-order valence-electron chi connectivity index (χ3n) is 3.01. The topological polar surface area (TPSA) is 54.9 Å². The van der Waals surface area contributed by atoms with Crippen LogP contribution in [0.25, 0.3) is 11.0 Å². The summed E-state index contributed by atoms with van der Waals surface area (Å²) in [7, 11) is -1.19. The fraction of sp³-hybridized carbons (Fsp3) is 0.333. The smallest absolute Gasteiger partial charge is 0.165 e. The third-order valence-corrected chi connectivity index (χ3v) is 5.06. The van der Waals surface area contributed by atoms with Gasteiger partial charge >= 0.3 is 0 Å².